The van der Waals surface area contributed by atoms with Crippen LogP contribution in [0, 0.1) is 11.8 Å². The largest absolute Gasteiger partial charge is 0.393 e. The van der Waals surface area contributed by atoms with E-state index in [1.54, 1.807) is 0 Å². The van der Waals surface area contributed by atoms with Gasteiger partial charge in [0, 0.05) is 13.1 Å². The minimum absolute atomic E-state index is 0.144. The molecule has 0 bridgehead atoms. The van der Waals surface area contributed by atoms with Gasteiger partial charge in [-0.05, 0) is 38.1 Å². The monoisotopic (exact) mass is 185 g/mol. The second-order valence-electron chi connectivity index (χ2n) is 4.68. The molecule has 0 aliphatic carbocycles. The first-order chi connectivity index (χ1) is 6.09. The van der Waals surface area contributed by atoms with Gasteiger partial charge in [-0.15, -0.1) is 0 Å². The molecule has 1 heterocycles. The highest BCUT2D eigenvalue weighted by Crippen LogP contribution is 2.22. The molecule has 0 saturated carbocycles. The summed E-state index contributed by atoms with van der Waals surface area (Å²) in [6.07, 6.45) is 2.09. The van der Waals surface area contributed by atoms with E-state index in [-0.39, 0.29) is 6.10 Å². The van der Waals surface area contributed by atoms with Crippen molar-refractivity contribution in [2.75, 3.05) is 19.6 Å². The Labute approximate surface area is 81.9 Å². The van der Waals surface area contributed by atoms with Crippen LogP contribution in [0.25, 0.3) is 0 Å². The quantitative estimate of drug-likeness (QED) is 0.724. The number of hydrogen-bond acceptors (Lipinski definition) is 2. The summed E-state index contributed by atoms with van der Waals surface area (Å²) in [5.74, 6) is 1.70. The molecule has 0 radical (unpaired) electrons. The van der Waals surface area contributed by atoms with Crippen LogP contribution in [-0.2, 0) is 0 Å². The van der Waals surface area contributed by atoms with Gasteiger partial charge in [0.2, 0.25) is 0 Å². The normalized spacial score (nSPS) is 33.2. The van der Waals surface area contributed by atoms with Crippen molar-refractivity contribution >= 4 is 0 Å². The first kappa shape index (κ1) is 11.0. The molecule has 13 heavy (non-hydrogen) atoms. The molecule has 0 amide bonds. The maximum absolute atomic E-state index is 9.17. The lowest BCUT2D eigenvalue weighted by atomic mass is 9.88. The van der Waals surface area contributed by atoms with E-state index in [2.05, 4.69) is 18.7 Å². The topological polar surface area (TPSA) is 23.5 Å². The van der Waals surface area contributed by atoms with E-state index < -0.39 is 0 Å². The third-order valence-electron chi connectivity index (χ3n) is 3.28. The molecule has 1 aliphatic rings. The molecule has 1 saturated heterocycles. The Bertz CT molecular complexity index is 147. The summed E-state index contributed by atoms with van der Waals surface area (Å²) in [6, 6.07) is 0. The highest BCUT2D eigenvalue weighted by atomic mass is 16.3. The smallest absolute Gasteiger partial charge is 0.0524 e. The fraction of sp³-hybridized carbons (Fsp3) is 1.00. The molecular formula is C11H23NO. The molecule has 0 aromatic rings. The van der Waals surface area contributed by atoms with Crippen molar-refractivity contribution in [3.05, 3.63) is 0 Å². The van der Waals surface area contributed by atoms with Crippen LogP contribution in [0.3, 0.4) is 0 Å². The van der Waals surface area contributed by atoms with Crippen molar-refractivity contribution < 1.29 is 5.11 Å². The summed E-state index contributed by atoms with van der Waals surface area (Å²) in [6.45, 7) is 10.0. The fourth-order valence-electron chi connectivity index (χ4n) is 1.92. The van der Waals surface area contributed by atoms with E-state index in [9.17, 15) is 5.11 Å². The Morgan fingerprint density at radius 3 is 2.62 bits per heavy atom. The SMILES string of the molecule is CC(O)CCN1CCC(C)C(C)C1. The lowest BCUT2D eigenvalue weighted by Gasteiger charge is -2.35. The molecule has 3 unspecified atom stereocenters. The average Bonchev–Trinajstić information content (AvgIpc) is 2.07. The van der Waals surface area contributed by atoms with E-state index in [4.69, 9.17) is 0 Å². The van der Waals surface area contributed by atoms with Gasteiger partial charge in [-0.25, -0.2) is 0 Å². The molecule has 0 aromatic carbocycles. The van der Waals surface area contributed by atoms with Crippen LogP contribution in [0.1, 0.15) is 33.6 Å². The van der Waals surface area contributed by atoms with Crippen molar-refractivity contribution in [1.29, 1.82) is 0 Å². The van der Waals surface area contributed by atoms with E-state index >= 15 is 0 Å². The highest BCUT2D eigenvalue weighted by Gasteiger charge is 2.22. The number of nitrogens with zero attached hydrogens (tertiary/aromatic N) is 1. The van der Waals surface area contributed by atoms with Gasteiger partial charge in [-0.1, -0.05) is 13.8 Å². The maximum Gasteiger partial charge on any atom is 0.0524 e. The third-order valence-corrected chi connectivity index (χ3v) is 3.28. The van der Waals surface area contributed by atoms with Crippen LogP contribution in [0.5, 0.6) is 0 Å². The van der Waals surface area contributed by atoms with Crippen molar-refractivity contribution in [2.45, 2.75) is 39.7 Å². The van der Waals surface area contributed by atoms with E-state index in [0.717, 1.165) is 24.8 Å². The minimum atomic E-state index is -0.144. The second kappa shape index (κ2) is 4.97. The van der Waals surface area contributed by atoms with Gasteiger partial charge >= 0.3 is 0 Å². The van der Waals surface area contributed by atoms with Gasteiger partial charge in [-0.2, -0.15) is 0 Å². The number of aliphatic hydroxyl groups is 1. The standard InChI is InChI=1S/C11H23NO/c1-9-4-6-12(8-10(9)2)7-5-11(3)13/h9-11,13H,4-8H2,1-3H3. The van der Waals surface area contributed by atoms with E-state index in [0.29, 0.717) is 0 Å². The highest BCUT2D eigenvalue weighted by molar-refractivity contribution is 4.75. The lowest BCUT2D eigenvalue weighted by Crippen LogP contribution is -2.39. The second-order valence-corrected chi connectivity index (χ2v) is 4.68. The van der Waals surface area contributed by atoms with Crippen LogP contribution >= 0.6 is 0 Å². The number of piperidine rings is 1. The number of hydrogen-bond donors (Lipinski definition) is 1. The molecule has 2 nitrogen and oxygen atoms in total. The first-order valence-electron chi connectivity index (χ1n) is 5.50. The molecule has 0 spiro atoms. The molecule has 3 atom stereocenters. The van der Waals surface area contributed by atoms with Gasteiger partial charge in [-0.3, -0.25) is 0 Å². The summed E-state index contributed by atoms with van der Waals surface area (Å²) in [5.41, 5.74) is 0. The molecule has 1 aliphatic heterocycles. The van der Waals surface area contributed by atoms with E-state index in [1.807, 2.05) is 6.92 Å². The third kappa shape index (κ3) is 3.65. The van der Waals surface area contributed by atoms with Gasteiger partial charge in [0.25, 0.3) is 0 Å². The zero-order valence-corrected chi connectivity index (χ0v) is 9.16. The Morgan fingerprint density at radius 2 is 2.08 bits per heavy atom. The van der Waals surface area contributed by atoms with Gasteiger partial charge in [0.15, 0.2) is 0 Å². The summed E-state index contributed by atoms with van der Waals surface area (Å²) in [7, 11) is 0. The Kier molecular flexibility index (Phi) is 4.20. The van der Waals surface area contributed by atoms with Crippen LogP contribution in [0.4, 0.5) is 0 Å². The molecule has 78 valence electrons. The zero-order valence-electron chi connectivity index (χ0n) is 9.16. The van der Waals surface area contributed by atoms with Crippen molar-refractivity contribution in [3.63, 3.8) is 0 Å². The summed E-state index contributed by atoms with van der Waals surface area (Å²) in [5, 5.41) is 9.17. The predicted molar refractivity (Wildman–Crippen MR) is 55.7 cm³/mol. The van der Waals surface area contributed by atoms with E-state index in [1.165, 1.54) is 19.5 Å². The van der Waals surface area contributed by atoms with Gasteiger partial charge in [0.05, 0.1) is 6.10 Å². The fourth-order valence-corrected chi connectivity index (χ4v) is 1.92. The van der Waals surface area contributed by atoms with Crippen LogP contribution in [0.2, 0.25) is 0 Å². The average molecular weight is 185 g/mol. The Hall–Kier alpha value is -0.0800. The molecular weight excluding hydrogens is 162 g/mol. The number of likely N-dealkylation sites (tertiary alicyclic amines) is 1. The Balaban J connectivity index is 2.21. The number of rotatable bonds is 3. The molecule has 1 N–H and O–H groups in total. The maximum atomic E-state index is 9.17. The summed E-state index contributed by atoms with van der Waals surface area (Å²) < 4.78 is 0. The zero-order chi connectivity index (χ0) is 9.84. The van der Waals surface area contributed by atoms with Gasteiger partial charge in [0.1, 0.15) is 0 Å². The number of aliphatic hydroxyl groups excluding tert-OH is 1. The predicted octanol–water partition coefficient (Wildman–Crippen LogP) is 1.74. The van der Waals surface area contributed by atoms with Crippen LogP contribution < -0.4 is 0 Å². The minimum Gasteiger partial charge on any atom is -0.393 e. The first-order valence-corrected chi connectivity index (χ1v) is 5.50. The van der Waals surface area contributed by atoms with Crippen molar-refractivity contribution in [2.24, 2.45) is 11.8 Å². The van der Waals surface area contributed by atoms with Crippen LogP contribution in [0.15, 0.2) is 0 Å². The lowest BCUT2D eigenvalue weighted by molar-refractivity contribution is 0.109. The van der Waals surface area contributed by atoms with Gasteiger partial charge < -0.3 is 10.0 Å². The molecule has 2 heteroatoms. The van der Waals surface area contributed by atoms with Crippen molar-refractivity contribution in [3.8, 4) is 0 Å². The van der Waals surface area contributed by atoms with Crippen LogP contribution in [-0.4, -0.2) is 35.7 Å². The molecule has 0 aromatic heterocycles. The molecule has 1 rings (SSSR count). The molecule has 1 fully saturated rings. The summed E-state index contributed by atoms with van der Waals surface area (Å²) >= 11 is 0. The Morgan fingerprint density at radius 1 is 1.38 bits per heavy atom. The summed E-state index contributed by atoms with van der Waals surface area (Å²) in [4.78, 5) is 2.48. The van der Waals surface area contributed by atoms with Crippen molar-refractivity contribution in [1.82, 2.24) is 4.90 Å².